The van der Waals surface area contributed by atoms with E-state index in [-0.39, 0.29) is 12.5 Å². The molecule has 0 unspecified atom stereocenters. The summed E-state index contributed by atoms with van der Waals surface area (Å²) in [5.41, 5.74) is 1.72. The molecular weight excluding hydrogens is 388 g/mol. The fourth-order valence-corrected chi connectivity index (χ4v) is 3.67. The standard InChI is InChI=1S/C21H28N4O5/c1-5-30-21(27)14-12-23-19-16(29-4)7-6-15(28-3)18(19)20(14)25-10-8-24(9-11-25)13-17(26)22-2/h6-7,12H,5,8-11,13H2,1-4H3,(H,22,26). The van der Waals surface area contributed by atoms with Gasteiger partial charge in [0.15, 0.2) is 0 Å². The average molecular weight is 416 g/mol. The lowest BCUT2D eigenvalue weighted by Gasteiger charge is -2.37. The van der Waals surface area contributed by atoms with Gasteiger partial charge in [0.1, 0.15) is 22.6 Å². The number of methoxy groups -OCH3 is 2. The number of pyridine rings is 1. The van der Waals surface area contributed by atoms with Crippen LogP contribution in [0.2, 0.25) is 0 Å². The predicted molar refractivity (Wildman–Crippen MR) is 114 cm³/mol. The van der Waals surface area contributed by atoms with Crippen molar-refractivity contribution in [1.82, 2.24) is 15.2 Å². The van der Waals surface area contributed by atoms with Crippen LogP contribution >= 0.6 is 0 Å². The van der Waals surface area contributed by atoms with Gasteiger partial charge in [-0.15, -0.1) is 0 Å². The highest BCUT2D eigenvalue weighted by Gasteiger charge is 2.28. The number of fused-ring (bicyclic) bond motifs is 1. The second-order valence-corrected chi connectivity index (χ2v) is 6.87. The molecule has 1 N–H and O–H groups in total. The summed E-state index contributed by atoms with van der Waals surface area (Å²) in [4.78, 5) is 33.1. The van der Waals surface area contributed by atoms with E-state index >= 15 is 0 Å². The van der Waals surface area contributed by atoms with Crippen molar-refractivity contribution >= 4 is 28.5 Å². The Morgan fingerprint density at radius 2 is 1.77 bits per heavy atom. The molecule has 1 aliphatic rings. The van der Waals surface area contributed by atoms with Crippen LogP contribution in [0.4, 0.5) is 5.69 Å². The number of hydrogen-bond donors (Lipinski definition) is 1. The summed E-state index contributed by atoms with van der Waals surface area (Å²) >= 11 is 0. The number of hydrogen-bond acceptors (Lipinski definition) is 8. The van der Waals surface area contributed by atoms with Crippen molar-refractivity contribution < 1.29 is 23.8 Å². The molecule has 1 aromatic heterocycles. The third kappa shape index (κ3) is 4.25. The molecule has 1 aromatic carbocycles. The van der Waals surface area contributed by atoms with Crippen molar-refractivity contribution in [2.45, 2.75) is 6.92 Å². The highest BCUT2D eigenvalue weighted by Crippen LogP contribution is 2.40. The Labute approximate surface area is 175 Å². The fourth-order valence-electron chi connectivity index (χ4n) is 3.67. The topological polar surface area (TPSA) is 93.2 Å². The summed E-state index contributed by atoms with van der Waals surface area (Å²) in [6, 6.07) is 3.60. The van der Waals surface area contributed by atoms with Gasteiger partial charge in [-0.3, -0.25) is 14.7 Å². The molecule has 0 radical (unpaired) electrons. The molecule has 30 heavy (non-hydrogen) atoms. The molecule has 0 spiro atoms. The van der Waals surface area contributed by atoms with Gasteiger partial charge in [0, 0.05) is 39.4 Å². The van der Waals surface area contributed by atoms with E-state index in [2.05, 4.69) is 20.1 Å². The monoisotopic (exact) mass is 416 g/mol. The lowest BCUT2D eigenvalue weighted by Crippen LogP contribution is -2.49. The first-order valence-corrected chi connectivity index (χ1v) is 9.92. The number of esters is 1. The van der Waals surface area contributed by atoms with Crippen LogP contribution < -0.4 is 19.7 Å². The quantitative estimate of drug-likeness (QED) is 0.675. The van der Waals surface area contributed by atoms with E-state index < -0.39 is 5.97 Å². The first-order chi connectivity index (χ1) is 14.5. The van der Waals surface area contributed by atoms with Gasteiger partial charge in [0.05, 0.1) is 38.4 Å². The van der Waals surface area contributed by atoms with Crippen LogP contribution in [0.5, 0.6) is 11.5 Å². The Kier molecular flexibility index (Phi) is 6.94. The zero-order valence-corrected chi connectivity index (χ0v) is 17.9. The van der Waals surface area contributed by atoms with Crippen molar-refractivity contribution in [3.8, 4) is 11.5 Å². The molecular formula is C21H28N4O5. The molecule has 0 bridgehead atoms. The molecule has 1 aliphatic heterocycles. The summed E-state index contributed by atoms with van der Waals surface area (Å²) < 4.78 is 16.4. The van der Waals surface area contributed by atoms with Gasteiger partial charge < -0.3 is 24.4 Å². The van der Waals surface area contributed by atoms with Gasteiger partial charge in [-0.25, -0.2) is 4.79 Å². The summed E-state index contributed by atoms with van der Waals surface area (Å²) in [6.07, 6.45) is 1.54. The maximum Gasteiger partial charge on any atom is 0.341 e. The van der Waals surface area contributed by atoms with Gasteiger partial charge in [-0.2, -0.15) is 0 Å². The lowest BCUT2D eigenvalue weighted by atomic mass is 10.1. The number of nitrogens with zero attached hydrogens (tertiary/aromatic N) is 3. The van der Waals surface area contributed by atoms with Crippen LogP contribution in [0, 0.1) is 0 Å². The average Bonchev–Trinajstić information content (AvgIpc) is 2.78. The van der Waals surface area contributed by atoms with Crippen LogP contribution in [0.15, 0.2) is 18.3 Å². The lowest BCUT2D eigenvalue weighted by molar-refractivity contribution is -0.121. The molecule has 1 amide bonds. The number of likely N-dealkylation sites (N-methyl/N-ethyl adjacent to an activating group) is 1. The van der Waals surface area contributed by atoms with Crippen LogP contribution in [0.1, 0.15) is 17.3 Å². The number of anilines is 1. The van der Waals surface area contributed by atoms with Crippen LogP contribution in [0.25, 0.3) is 10.9 Å². The molecule has 1 saturated heterocycles. The van der Waals surface area contributed by atoms with Crippen LogP contribution in [-0.4, -0.2) is 82.4 Å². The van der Waals surface area contributed by atoms with Crippen molar-refractivity contribution in [1.29, 1.82) is 0 Å². The van der Waals surface area contributed by atoms with E-state index in [1.165, 1.54) is 6.20 Å². The molecule has 9 heteroatoms. The van der Waals surface area contributed by atoms with Gasteiger partial charge in [0.25, 0.3) is 0 Å². The van der Waals surface area contributed by atoms with E-state index in [4.69, 9.17) is 14.2 Å². The zero-order chi connectivity index (χ0) is 21.7. The van der Waals surface area contributed by atoms with Crippen LogP contribution in [-0.2, 0) is 9.53 Å². The molecule has 2 aromatic rings. The predicted octanol–water partition coefficient (Wildman–Crippen LogP) is 1.30. The Balaban J connectivity index is 2.07. The minimum absolute atomic E-state index is 0.0172. The number of rotatable bonds is 7. The van der Waals surface area contributed by atoms with Crippen LogP contribution in [0.3, 0.4) is 0 Å². The maximum absolute atomic E-state index is 12.7. The fraction of sp³-hybridized carbons (Fsp3) is 0.476. The molecule has 0 atom stereocenters. The van der Waals surface area contributed by atoms with E-state index in [1.807, 2.05) is 6.07 Å². The third-order valence-electron chi connectivity index (χ3n) is 5.19. The number of carbonyl (C=O) groups excluding carboxylic acids is 2. The number of ether oxygens (including phenoxy) is 3. The van der Waals surface area contributed by atoms with E-state index in [0.717, 1.165) is 0 Å². The number of piperazine rings is 1. The minimum Gasteiger partial charge on any atom is -0.496 e. The highest BCUT2D eigenvalue weighted by atomic mass is 16.5. The molecule has 162 valence electrons. The van der Waals surface area contributed by atoms with E-state index in [0.29, 0.717) is 66.4 Å². The SMILES string of the molecule is CCOC(=O)c1cnc2c(OC)ccc(OC)c2c1N1CCN(CC(=O)NC)CC1. The molecule has 2 heterocycles. The van der Waals surface area contributed by atoms with Gasteiger partial charge in [-0.05, 0) is 19.1 Å². The number of aromatic nitrogens is 1. The van der Waals surface area contributed by atoms with Crippen molar-refractivity contribution in [3.05, 3.63) is 23.9 Å². The first kappa shape index (κ1) is 21.6. The van der Waals surface area contributed by atoms with Crippen molar-refractivity contribution in [2.75, 3.05) is 65.5 Å². The summed E-state index contributed by atoms with van der Waals surface area (Å²) in [5, 5.41) is 3.36. The zero-order valence-electron chi connectivity index (χ0n) is 17.9. The normalized spacial score (nSPS) is 14.5. The molecule has 1 fully saturated rings. The Morgan fingerprint density at radius 1 is 1.10 bits per heavy atom. The third-order valence-corrected chi connectivity index (χ3v) is 5.19. The first-order valence-electron chi connectivity index (χ1n) is 9.92. The summed E-state index contributed by atoms with van der Waals surface area (Å²) in [7, 11) is 4.80. The summed E-state index contributed by atoms with van der Waals surface area (Å²) in [5.74, 6) is 0.754. The van der Waals surface area contributed by atoms with Gasteiger partial charge >= 0.3 is 5.97 Å². The Hall–Kier alpha value is -3.07. The Morgan fingerprint density at radius 3 is 2.37 bits per heavy atom. The van der Waals surface area contributed by atoms with E-state index in [9.17, 15) is 9.59 Å². The number of amides is 1. The smallest absolute Gasteiger partial charge is 0.341 e. The second-order valence-electron chi connectivity index (χ2n) is 6.87. The second kappa shape index (κ2) is 9.62. The molecule has 9 nitrogen and oxygen atoms in total. The number of nitrogens with one attached hydrogen (secondary N) is 1. The molecule has 0 saturated carbocycles. The van der Waals surface area contributed by atoms with E-state index in [1.54, 1.807) is 34.3 Å². The number of benzene rings is 1. The Bertz CT molecular complexity index is 925. The van der Waals surface area contributed by atoms with Crippen molar-refractivity contribution in [2.24, 2.45) is 0 Å². The van der Waals surface area contributed by atoms with Crippen molar-refractivity contribution in [3.63, 3.8) is 0 Å². The maximum atomic E-state index is 12.7. The van der Waals surface area contributed by atoms with Gasteiger partial charge in [0.2, 0.25) is 5.91 Å². The summed E-state index contributed by atoms with van der Waals surface area (Å²) in [6.45, 7) is 5.05. The largest absolute Gasteiger partial charge is 0.496 e. The molecule has 3 rings (SSSR count). The number of carbonyl (C=O) groups is 2. The highest BCUT2D eigenvalue weighted by molar-refractivity contribution is 6.09. The molecule has 0 aliphatic carbocycles. The minimum atomic E-state index is -0.431. The van der Waals surface area contributed by atoms with Gasteiger partial charge in [-0.1, -0.05) is 0 Å².